The Morgan fingerprint density at radius 1 is 1.17 bits per heavy atom. The first kappa shape index (κ1) is 18.0. The van der Waals surface area contributed by atoms with Crippen molar-refractivity contribution >= 4 is 31.9 Å². The molecule has 0 unspecified atom stereocenters. The van der Waals surface area contributed by atoms with E-state index < -0.39 is 0 Å². The minimum Gasteiger partial charge on any atom is -0.429 e. The molecule has 1 saturated heterocycles. The van der Waals surface area contributed by atoms with Crippen molar-refractivity contribution in [2.45, 2.75) is 45.3 Å². The molecule has 1 radical (unpaired) electrons. The molecule has 2 heterocycles. The fraction of sp³-hybridized carbons (Fsp3) is 0.533. The summed E-state index contributed by atoms with van der Waals surface area (Å²) in [6, 6.07) is 5.99. The molecule has 2 N–H and O–H groups in total. The fourth-order valence-corrected chi connectivity index (χ4v) is 2.58. The third kappa shape index (κ3) is 3.30. The van der Waals surface area contributed by atoms with E-state index >= 15 is 0 Å². The van der Waals surface area contributed by atoms with Gasteiger partial charge in [0, 0.05) is 12.7 Å². The summed E-state index contributed by atoms with van der Waals surface area (Å²) in [6.45, 7) is 8.15. The van der Waals surface area contributed by atoms with Crippen molar-refractivity contribution in [3.05, 3.63) is 23.8 Å². The Hall–Kier alpha value is -1.34. The van der Waals surface area contributed by atoms with Crippen LogP contribution in [0.1, 0.15) is 33.3 Å². The number of carbonyl (C=O) groups is 1. The molecule has 0 atom stereocenters. The average molecular weight is 318 g/mol. The fourth-order valence-electron chi connectivity index (χ4n) is 2.58. The van der Waals surface area contributed by atoms with Crippen molar-refractivity contribution < 1.29 is 24.2 Å². The summed E-state index contributed by atoms with van der Waals surface area (Å²) in [7, 11) is 1.43. The van der Waals surface area contributed by atoms with E-state index in [1.807, 2.05) is 52.9 Å². The van der Waals surface area contributed by atoms with Crippen LogP contribution < -0.4 is 10.4 Å². The van der Waals surface area contributed by atoms with Crippen molar-refractivity contribution in [3.8, 4) is 0 Å². The highest BCUT2D eigenvalue weighted by molar-refractivity contribution is 6.62. The van der Waals surface area contributed by atoms with Crippen LogP contribution in [0.25, 0.3) is 0 Å². The molecule has 8 heteroatoms. The number of rotatable bonds is 1. The number of benzene rings is 1. The van der Waals surface area contributed by atoms with Crippen LogP contribution >= 0.6 is 0 Å². The molecule has 0 bridgehead atoms. The minimum atomic E-state index is -0.380. The highest BCUT2D eigenvalue weighted by Crippen LogP contribution is 2.37. The van der Waals surface area contributed by atoms with Gasteiger partial charge in [-0.2, -0.15) is 0 Å². The van der Waals surface area contributed by atoms with Gasteiger partial charge in [-0.1, -0.05) is 12.1 Å². The maximum absolute atomic E-state index is 11.7. The number of amides is 1. The Morgan fingerprint density at radius 2 is 1.70 bits per heavy atom. The van der Waals surface area contributed by atoms with Gasteiger partial charge in [0.15, 0.2) is 0 Å². The smallest absolute Gasteiger partial charge is 0.429 e. The van der Waals surface area contributed by atoms with E-state index in [1.54, 1.807) is 4.90 Å². The number of likely N-dealkylation sites (N-methyl/N-ethyl adjacent to an activating group) is 1. The molecular formula is C15H22B2NO5. The first-order chi connectivity index (χ1) is 10.6. The van der Waals surface area contributed by atoms with Crippen LogP contribution in [0.4, 0.5) is 5.69 Å². The van der Waals surface area contributed by atoms with Crippen LogP contribution in [0.15, 0.2) is 18.2 Å². The zero-order chi connectivity index (χ0) is 17.4. The topological polar surface area (TPSA) is 79.2 Å². The second-order valence-corrected chi connectivity index (χ2v) is 6.72. The van der Waals surface area contributed by atoms with Crippen molar-refractivity contribution in [1.82, 2.24) is 0 Å². The molecule has 0 saturated carbocycles. The number of anilines is 1. The average Bonchev–Trinajstić information content (AvgIpc) is 2.84. The van der Waals surface area contributed by atoms with Gasteiger partial charge in [-0.25, -0.2) is 0 Å². The second-order valence-electron chi connectivity index (χ2n) is 6.72. The molecule has 1 aromatic rings. The van der Waals surface area contributed by atoms with Gasteiger partial charge in [0.25, 0.3) is 0 Å². The van der Waals surface area contributed by atoms with E-state index in [4.69, 9.17) is 19.4 Å². The molecule has 2 aliphatic rings. The zero-order valence-corrected chi connectivity index (χ0v) is 14.2. The number of fused-ring (bicyclic) bond motifs is 1. The normalized spacial score (nSPS) is 20.9. The minimum absolute atomic E-state index is 0. The van der Waals surface area contributed by atoms with E-state index in [2.05, 4.69) is 0 Å². The molecule has 123 valence electrons. The molecule has 23 heavy (non-hydrogen) atoms. The van der Waals surface area contributed by atoms with Gasteiger partial charge >= 0.3 is 14.8 Å². The predicted octanol–water partition coefficient (Wildman–Crippen LogP) is 0.00990. The summed E-state index contributed by atoms with van der Waals surface area (Å²) in [4.78, 5) is 13.4. The quantitative estimate of drug-likeness (QED) is 0.713. The van der Waals surface area contributed by atoms with Crippen LogP contribution in [-0.4, -0.2) is 49.0 Å². The van der Waals surface area contributed by atoms with Crippen molar-refractivity contribution in [3.63, 3.8) is 0 Å². The van der Waals surface area contributed by atoms with Gasteiger partial charge in [-0.05, 0) is 44.8 Å². The van der Waals surface area contributed by atoms with Gasteiger partial charge in [-0.3, -0.25) is 4.79 Å². The van der Waals surface area contributed by atoms with Gasteiger partial charge in [0.2, 0.25) is 5.91 Å². The molecule has 2 aliphatic heterocycles. The van der Waals surface area contributed by atoms with Crippen molar-refractivity contribution in [2.24, 2.45) is 0 Å². The molecule has 6 nitrogen and oxygen atoms in total. The number of hydrogen-bond donors (Lipinski definition) is 2. The SMILES string of the molecule is CN1C(=O)Cc2ccc(B3OC(C)(C)C(C)(C)O3)cc21.O[B]O. The maximum Gasteiger partial charge on any atom is 0.494 e. The molecular weight excluding hydrogens is 296 g/mol. The van der Waals surface area contributed by atoms with Crippen molar-refractivity contribution in [2.75, 3.05) is 11.9 Å². The summed E-state index contributed by atoms with van der Waals surface area (Å²) in [5.74, 6) is 0.131. The summed E-state index contributed by atoms with van der Waals surface area (Å²) >= 11 is 0. The predicted molar refractivity (Wildman–Crippen MR) is 89.5 cm³/mol. The second kappa shape index (κ2) is 6.28. The monoisotopic (exact) mass is 318 g/mol. The Balaban J connectivity index is 0.000000595. The molecule has 1 fully saturated rings. The third-order valence-electron chi connectivity index (χ3n) is 4.71. The largest absolute Gasteiger partial charge is 0.494 e. The first-order valence-corrected chi connectivity index (χ1v) is 7.48. The summed E-state index contributed by atoms with van der Waals surface area (Å²) in [6.07, 6.45) is 0.482. The Kier molecular flexibility index (Phi) is 4.92. The Labute approximate surface area is 137 Å². The van der Waals surface area contributed by atoms with Crippen LogP contribution in [0, 0.1) is 0 Å². The highest BCUT2D eigenvalue weighted by atomic mass is 16.7. The van der Waals surface area contributed by atoms with Crippen molar-refractivity contribution in [1.29, 1.82) is 0 Å². The molecule has 1 aromatic carbocycles. The lowest BCUT2D eigenvalue weighted by molar-refractivity contribution is -0.117. The van der Waals surface area contributed by atoms with E-state index in [1.165, 1.54) is 0 Å². The standard InChI is InChI=1S/C15H20BNO3.BH2O2/c1-14(2)15(3,4)20-16(19-14)11-7-6-10-8-13(18)17(5)12(10)9-11;2-1-3/h6-7,9H,8H2,1-5H3;2-3H. The summed E-state index contributed by atoms with van der Waals surface area (Å²) in [5, 5.41) is 14.0. The summed E-state index contributed by atoms with van der Waals surface area (Å²) in [5.41, 5.74) is 2.29. The zero-order valence-electron chi connectivity index (χ0n) is 14.2. The van der Waals surface area contributed by atoms with E-state index in [0.717, 1.165) is 16.7 Å². The van der Waals surface area contributed by atoms with Crippen LogP contribution in [0.2, 0.25) is 0 Å². The Bertz CT molecular complexity index is 590. The Morgan fingerprint density at radius 3 is 2.22 bits per heavy atom. The highest BCUT2D eigenvalue weighted by Gasteiger charge is 2.51. The van der Waals surface area contributed by atoms with Crippen LogP contribution in [0.5, 0.6) is 0 Å². The van der Waals surface area contributed by atoms with E-state index in [-0.39, 0.29) is 31.9 Å². The summed E-state index contributed by atoms with van der Waals surface area (Å²) < 4.78 is 12.1. The van der Waals surface area contributed by atoms with Gasteiger partial charge in [0.05, 0.1) is 17.6 Å². The first-order valence-electron chi connectivity index (χ1n) is 7.48. The van der Waals surface area contributed by atoms with Gasteiger partial charge in [0.1, 0.15) is 0 Å². The molecule has 0 aromatic heterocycles. The lowest BCUT2D eigenvalue weighted by Gasteiger charge is -2.32. The van der Waals surface area contributed by atoms with Crippen LogP contribution in [-0.2, 0) is 20.5 Å². The number of carbonyl (C=O) groups excluding carboxylic acids is 1. The molecule has 0 aliphatic carbocycles. The molecule has 1 amide bonds. The van der Waals surface area contributed by atoms with Crippen LogP contribution in [0.3, 0.4) is 0 Å². The maximum atomic E-state index is 11.7. The lowest BCUT2D eigenvalue weighted by Crippen LogP contribution is -2.41. The number of hydrogen-bond acceptors (Lipinski definition) is 5. The molecule has 3 rings (SSSR count). The molecule has 0 spiro atoms. The van der Waals surface area contributed by atoms with Gasteiger partial charge in [-0.15, -0.1) is 0 Å². The number of nitrogens with zero attached hydrogens (tertiary/aromatic N) is 1. The van der Waals surface area contributed by atoms with Gasteiger partial charge < -0.3 is 24.3 Å². The lowest BCUT2D eigenvalue weighted by atomic mass is 9.78. The van der Waals surface area contributed by atoms with E-state index in [9.17, 15) is 4.79 Å². The van der Waals surface area contributed by atoms with E-state index in [0.29, 0.717) is 6.42 Å². The third-order valence-corrected chi connectivity index (χ3v) is 4.71.